The van der Waals surface area contributed by atoms with Gasteiger partial charge in [0, 0.05) is 19.5 Å². The van der Waals surface area contributed by atoms with Crippen molar-refractivity contribution in [3.8, 4) is 0 Å². The monoisotopic (exact) mass is 214 g/mol. The van der Waals surface area contributed by atoms with Crippen LogP contribution < -0.4 is 0 Å². The Morgan fingerprint density at radius 1 is 1.40 bits per heavy atom. The lowest BCUT2D eigenvalue weighted by molar-refractivity contribution is -0.128. The maximum Gasteiger partial charge on any atom is 0.223 e. The first kappa shape index (κ1) is 10.9. The molecule has 0 bridgehead atoms. The van der Waals surface area contributed by atoms with Gasteiger partial charge in [0.1, 0.15) is 6.67 Å². The van der Waals surface area contributed by atoms with Gasteiger partial charge in [0.05, 0.1) is 0 Å². The summed E-state index contributed by atoms with van der Waals surface area (Å²) in [5, 5.41) is 0. The van der Waals surface area contributed by atoms with E-state index in [1.165, 1.54) is 0 Å². The summed E-state index contributed by atoms with van der Waals surface area (Å²) >= 11 is 0. The van der Waals surface area contributed by atoms with Crippen LogP contribution in [0.5, 0.6) is 0 Å². The molecule has 4 heteroatoms. The third kappa shape index (κ3) is 2.14. The fourth-order valence-electron chi connectivity index (χ4n) is 2.72. The lowest BCUT2D eigenvalue weighted by atomic mass is 9.78. The van der Waals surface area contributed by atoms with Gasteiger partial charge in [-0.15, -0.1) is 0 Å². The number of hydrogen-bond donors (Lipinski definition) is 0. The molecule has 0 aromatic carbocycles. The third-order valence-electron chi connectivity index (χ3n) is 3.81. The van der Waals surface area contributed by atoms with E-state index in [1.807, 2.05) is 0 Å². The minimum Gasteiger partial charge on any atom is -0.339 e. The number of piperidine rings is 1. The zero-order valence-corrected chi connectivity index (χ0v) is 9.34. The number of carbonyl (C=O) groups excluding carboxylic acids is 1. The molecule has 0 saturated carbocycles. The van der Waals surface area contributed by atoms with Crippen LogP contribution in [-0.4, -0.2) is 55.6 Å². The molecule has 15 heavy (non-hydrogen) atoms. The molecule has 86 valence electrons. The van der Waals surface area contributed by atoms with E-state index >= 15 is 0 Å². The van der Waals surface area contributed by atoms with Gasteiger partial charge in [0.2, 0.25) is 5.91 Å². The fourth-order valence-corrected chi connectivity index (χ4v) is 2.72. The van der Waals surface area contributed by atoms with Crippen LogP contribution in [-0.2, 0) is 4.79 Å². The van der Waals surface area contributed by atoms with Crippen LogP contribution in [0.25, 0.3) is 0 Å². The zero-order chi connectivity index (χ0) is 10.9. The van der Waals surface area contributed by atoms with Gasteiger partial charge in [-0.2, -0.15) is 0 Å². The van der Waals surface area contributed by atoms with Gasteiger partial charge in [-0.25, -0.2) is 4.39 Å². The van der Waals surface area contributed by atoms with Crippen LogP contribution >= 0.6 is 0 Å². The van der Waals surface area contributed by atoms with Crippen LogP contribution in [0.1, 0.15) is 19.3 Å². The van der Waals surface area contributed by atoms with E-state index in [0.717, 1.165) is 32.5 Å². The highest BCUT2D eigenvalue weighted by Gasteiger charge is 2.43. The standard InChI is InChI=1S/C11H19FN2O/c1-13-5-2-11(3-6-13)8-10(15)14(9-11)7-4-12/h2-9H2,1H3. The summed E-state index contributed by atoms with van der Waals surface area (Å²) in [5.74, 6) is 0.150. The smallest absolute Gasteiger partial charge is 0.223 e. The molecule has 0 aliphatic carbocycles. The minimum atomic E-state index is -0.415. The van der Waals surface area contributed by atoms with Gasteiger partial charge in [-0.3, -0.25) is 4.79 Å². The van der Waals surface area contributed by atoms with Crippen LogP contribution in [0.15, 0.2) is 0 Å². The average molecular weight is 214 g/mol. The molecule has 2 aliphatic heterocycles. The van der Waals surface area contributed by atoms with Gasteiger partial charge >= 0.3 is 0 Å². The van der Waals surface area contributed by atoms with Crippen molar-refractivity contribution in [3.63, 3.8) is 0 Å². The molecule has 0 radical (unpaired) electrons. The van der Waals surface area contributed by atoms with E-state index in [4.69, 9.17) is 0 Å². The van der Waals surface area contributed by atoms with E-state index in [2.05, 4.69) is 11.9 Å². The highest BCUT2D eigenvalue weighted by atomic mass is 19.1. The van der Waals surface area contributed by atoms with Gasteiger partial charge < -0.3 is 9.80 Å². The minimum absolute atomic E-state index is 0.150. The van der Waals surface area contributed by atoms with Crippen LogP contribution in [0.3, 0.4) is 0 Å². The van der Waals surface area contributed by atoms with Gasteiger partial charge in [0.25, 0.3) is 0 Å². The number of nitrogens with zero attached hydrogens (tertiary/aromatic N) is 2. The van der Waals surface area contributed by atoms with Gasteiger partial charge in [-0.1, -0.05) is 0 Å². The molecule has 0 atom stereocenters. The molecular formula is C11H19FN2O. The second kappa shape index (κ2) is 4.08. The van der Waals surface area contributed by atoms with Crippen molar-refractivity contribution in [1.29, 1.82) is 0 Å². The largest absolute Gasteiger partial charge is 0.339 e. The van der Waals surface area contributed by atoms with E-state index in [9.17, 15) is 9.18 Å². The summed E-state index contributed by atoms with van der Waals surface area (Å²) in [6.45, 7) is 2.79. The van der Waals surface area contributed by atoms with Crippen molar-refractivity contribution in [2.24, 2.45) is 5.41 Å². The Kier molecular flexibility index (Phi) is 2.96. The van der Waals surface area contributed by atoms with E-state index in [1.54, 1.807) is 4.90 Å². The Morgan fingerprint density at radius 3 is 2.67 bits per heavy atom. The maximum atomic E-state index is 12.2. The Bertz CT molecular complexity index is 249. The molecule has 0 N–H and O–H groups in total. The van der Waals surface area contributed by atoms with Crippen molar-refractivity contribution < 1.29 is 9.18 Å². The molecule has 2 saturated heterocycles. The Balaban J connectivity index is 1.97. The Labute approximate surface area is 90.2 Å². The summed E-state index contributed by atoms with van der Waals surface area (Å²) in [4.78, 5) is 15.7. The molecule has 0 aromatic heterocycles. The predicted octanol–water partition coefficient (Wildman–Crippen LogP) is 0.900. The Morgan fingerprint density at radius 2 is 2.07 bits per heavy atom. The normalized spacial score (nSPS) is 26.5. The molecule has 1 amide bonds. The molecule has 1 spiro atoms. The lowest BCUT2D eigenvalue weighted by Crippen LogP contribution is -2.39. The van der Waals surface area contributed by atoms with Crippen molar-refractivity contribution in [2.75, 3.05) is 39.9 Å². The first-order valence-corrected chi connectivity index (χ1v) is 5.67. The second-order valence-electron chi connectivity index (χ2n) is 4.98. The highest BCUT2D eigenvalue weighted by molar-refractivity contribution is 5.79. The molecule has 0 aromatic rings. The summed E-state index contributed by atoms with van der Waals surface area (Å²) in [6, 6.07) is 0. The number of likely N-dealkylation sites (tertiary alicyclic amines) is 2. The molecule has 2 rings (SSSR count). The number of carbonyl (C=O) groups is 1. The van der Waals surface area contributed by atoms with Crippen molar-refractivity contribution in [3.05, 3.63) is 0 Å². The molecule has 3 nitrogen and oxygen atoms in total. The SMILES string of the molecule is CN1CCC2(CC1)CC(=O)N(CCF)C2. The summed E-state index contributed by atoms with van der Waals surface area (Å²) in [7, 11) is 2.11. The summed E-state index contributed by atoms with van der Waals surface area (Å²) in [6.07, 6.45) is 2.80. The molecule has 0 unspecified atom stereocenters. The average Bonchev–Trinajstić information content (AvgIpc) is 2.50. The first-order chi connectivity index (χ1) is 7.15. The van der Waals surface area contributed by atoms with Crippen LogP contribution in [0, 0.1) is 5.41 Å². The van der Waals surface area contributed by atoms with Crippen molar-refractivity contribution in [2.45, 2.75) is 19.3 Å². The lowest BCUT2D eigenvalue weighted by Gasteiger charge is -2.37. The molecule has 2 heterocycles. The van der Waals surface area contributed by atoms with Crippen LogP contribution in [0.4, 0.5) is 4.39 Å². The molecule has 2 fully saturated rings. The third-order valence-corrected chi connectivity index (χ3v) is 3.81. The number of hydrogen-bond acceptors (Lipinski definition) is 2. The second-order valence-corrected chi connectivity index (χ2v) is 4.98. The maximum absolute atomic E-state index is 12.2. The molecule has 2 aliphatic rings. The summed E-state index contributed by atoms with van der Waals surface area (Å²) < 4.78 is 12.2. The molecular weight excluding hydrogens is 195 g/mol. The highest BCUT2D eigenvalue weighted by Crippen LogP contribution is 2.40. The topological polar surface area (TPSA) is 23.6 Å². The predicted molar refractivity (Wildman–Crippen MR) is 56.3 cm³/mol. The quantitative estimate of drug-likeness (QED) is 0.682. The Hall–Kier alpha value is -0.640. The van der Waals surface area contributed by atoms with E-state index in [-0.39, 0.29) is 17.9 Å². The first-order valence-electron chi connectivity index (χ1n) is 5.67. The number of amides is 1. The van der Waals surface area contributed by atoms with E-state index < -0.39 is 6.67 Å². The van der Waals surface area contributed by atoms with Crippen LogP contribution in [0.2, 0.25) is 0 Å². The van der Waals surface area contributed by atoms with Gasteiger partial charge in [-0.05, 0) is 38.4 Å². The summed E-state index contributed by atoms with van der Waals surface area (Å²) in [5.41, 5.74) is 0.165. The number of rotatable bonds is 2. The number of halogens is 1. The zero-order valence-electron chi connectivity index (χ0n) is 9.34. The fraction of sp³-hybridized carbons (Fsp3) is 0.909. The number of alkyl halides is 1. The van der Waals surface area contributed by atoms with Crippen molar-refractivity contribution >= 4 is 5.91 Å². The van der Waals surface area contributed by atoms with E-state index in [0.29, 0.717) is 6.42 Å². The van der Waals surface area contributed by atoms with Gasteiger partial charge in [0.15, 0.2) is 0 Å². The van der Waals surface area contributed by atoms with Crippen molar-refractivity contribution in [1.82, 2.24) is 9.80 Å².